The highest BCUT2D eigenvalue weighted by molar-refractivity contribution is 6.32. The summed E-state index contributed by atoms with van der Waals surface area (Å²) >= 11 is 6.44. The summed E-state index contributed by atoms with van der Waals surface area (Å²) < 4.78 is 1.71. The Morgan fingerprint density at radius 3 is 2.48 bits per heavy atom. The fourth-order valence-electron chi connectivity index (χ4n) is 4.93. The number of halogens is 1. The first-order valence-electron chi connectivity index (χ1n) is 12.0. The average molecular weight is 471 g/mol. The Balaban J connectivity index is 1.79. The van der Waals surface area contributed by atoms with E-state index in [1.807, 2.05) is 32.0 Å². The van der Waals surface area contributed by atoms with Crippen LogP contribution in [0.4, 0.5) is 5.69 Å². The minimum atomic E-state index is -1.13. The van der Waals surface area contributed by atoms with Crippen LogP contribution in [0.1, 0.15) is 88.0 Å². The second-order valence-electron chi connectivity index (χ2n) is 10.8. The van der Waals surface area contributed by atoms with Crippen molar-refractivity contribution in [2.75, 3.05) is 4.90 Å². The van der Waals surface area contributed by atoms with Crippen LogP contribution in [0.25, 0.3) is 0 Å². The third kappa shape index (κ3) is 4.42. The van der Waals surface area contributed by atoms with E-state index >= 15 is 0 Å². The highest BCUT2D eigenvalue weighted by atomic mass is 35.5. The summed E-state index contributed by atoms with van der Waals surface area (Å²) in [4.78, 5) is 29.4. The number of aromatic nitrogens is 2. The normalized spacial score (nSPS) is 22.1. The van der Waals surface area contributed by atoms with E-state index in [-0.39, 0.29) is 29.8 Å². The Kier molecular flexibility index (Phi) is 6.34. The van der Waals surface area contributed by atoms with E-state index in [1.54, 1.807) is 15.6 Å². The average Bonchev–Trinajstić information content (AvgIpc) is 3.01. The largest absolute Gasteiger partial charge is 0.351 e. The van der Waals surface area contributed by atoms with E-state index in [9.17, 15) is 9.59 Å². The van der Waals surface area contributed by atoms with Gasteiger partial charge < -0.3 is 5.32 Å². The number of hydrogen-bond donors (Lipinski definition) is 1. The molecule has 2 aliphatic rings. The van der Waals surface area contributed by atoms with Crippen LogP contribution in [0.5, 0.6) is 0 Å². The molecule has 0 saturated heterocycles. The maximum absolute atomic E-state index is 13.9. The predicted molar refractivity (Wildman–Crippen MR) is 132 cm³/mol. The van der Waals surface area contributed by atoms with Gasteiger partial charge in [-0.25, -0.2) is 0 Å². The lowest BCUT2D eigenvalue weighted by Crippen LogP contribution is -2.65. The summed E-state index contributed by atoms with van der Waals surface area (Å²) in [7, 11) is 0. The second kappa shape index (κ2) is 8.79. The van der Waals surface area contributed by atoms with E-state index in [2.05, 4.69) is 26.1 Å². The number of carbonyl (C=O) groups excluding carboxylic acids is 2. The molecule has 2 aromatic rings. The number of hydrogen-bond acceptors (Lipinski definition) is 3. The predicted octanol–water partition coefficient (Wildman–Crippen LogP) is 5.40. The topological polar surface area (TPSA) is 67.2 Å². The molecule has 0 radical (unpaired) electrons. The maximum atomic E-state index is 13.9. The molecule has 2 heterocycles. The molecule has 33 heavy (non-hydrogen) atoms. The number of fused-ring (bicyclic) bond motifs is 1. The van der Waals surface area contributed by atoms with Gasteiger partial charge in [-0.15, -0.1) is 0 Å². The highest BCUT2D eigenvalue weighted by Crippen LogP contribution is 2.38. The number of nitrogens with one attached hydrogen (secondary N) is 1. The van der Waals surface area contributed by atoms with Crippen LogP contribution in [-0.4, -0.2) is 33.2 Å². The lowest BCUT2D eigenvalue weighted by Gasteiger charge is -2.44. The second-order valence-corrected chi connectivity index (χ2v) is 11.2. The van der Waals surface area contributed by atoms with Gasteiger partial charge >= 0.3 is 0 Å². The summed E-state index contributed by atoms with van der Waals surface area (Å²) in [5.74, 6) is -0.367. The molecule has 0 spiro atoms. The van der Waals surface area contributed by atoms with Gasteiger partial charge in [0.25, 0.3) is 5.91 Å². The van der Waals surface area contributed by atoms with Crippen LogP contribution in [0.2, 0.25) is 5.02 Å². The summed E-state index contributed by atoms with van der Waals surface area (Å²) in [5.41, 5.74) is 1.44. The van der Waals surface area contributed by atoms with E-state index < -0.39 is 5.54 Å². The molecule has 1 aromatic carbocycles. The zero-order chi connectivity index (χ0) is 24.0. The molecule has 1 aliphatic heterocycles. The van der Waals surface area contributed by atoms with Gasteiger partial charge in [0, 0.05) is 22.2 Å². The van der Waals surface area contributed by atoms with Gasteiger partial charge in [-0.1, -0.05) is 64.1 Å². The summed E-state index contributed by atoms with van der Waals surface area (Å²) in [5, 5.41) is 8.60. The van der Waals surface area contributed by atoms with Gasteiger partial charge in [0.15, 0.2) is 0 Å². The van der Waals surface area contributed by atoms with Crippen molar-refractivity contribution in [2.45, 2.75) is 96.7 Å². The third-order valence-electron chi connectivity index (χ3n) is 7.08. The van der Waals surface area contributed by atoms with Crippen molar-refractivity contribution in [3.8, 4) is 0 Å². The first-order chi connectivity index (χ1) is 15.5. The van der Waals surface area contributed by atoms with E-state index in [1.165, 1.54) is 12.8 Å². The van der Waals surface area contributed by atoms with Crippen molar-refractivity contribution in [2.24, 2.45) is 0 Å². The van der Waals surface area contributed by atoms with Crippen molar-refractivity contribution in [1.82, 2.24) is 15.1 Å². The van der Waals surface area contributed by atoms with Crippen molar-refractivity contribution >= 4 is 29.1 Å². The van der Waals surface area contributed by atoms with Gasteiger partial charge in [-0.3, -0.25) is 19.2 Å². The molecular formula is C26H35ClN4O2. The first-order valence-corrected chi connectivity index (χ1v) is 12.4. The number of benzene rings is 1. The molecular weight excluding hydrogens is 436 g/mol. The number of nitrogens with zero attached hydrogens (tertiary/aromatic N) is 3. The van der Waals surface area contributed by atoms with Gasteiger partial charge in [-0.2, -0.15) is 5.10 Å². The fourth-order valence-corrected chi connectivity index (χ4v) is 5.10. The molecule has 1 fully saturated rings. The van der Waals surface area contributed by atoms with Gasteiger partial charge in [0.2, 0.25) is 5.91 Å². The Hall–Kier alpha value is -2.34. The van der Waals surface area contributed by atoms with Gasteiger partial charge in [0.1, 0.15) is 11.2 Å². The standard InChI is InChI=1S/C26H35ClN4O2/c1-17-19(27)13-10-14-20(17)31-23(32)21-15-22(25(2,3)4)29-30(21)16-26(31,5)24(33)28-18-11-8-6-7-9-12-18/h10,13-15,18H,6-9,11-12,16H2,1-5H3,(H,28,33)/t26-/m0/s1. The first kappa shape index (κ1) is 23.8. The number of anilines is 1. The Labute approximate surface area is 201 Å². The van der Waals surface area contributed by atoms with Crippen LogP contribution in [0, 0.1) is 6.92 Å². The highest BCUT2D eigenvalue weighted by Gasteiger charge is 2.50. The van der Waals surface area contributed by atoms with Crippen molar-refractivity contribution in [1.29, 1.82) is 0 Å². The van der Waals surface area contributed by atoms with Crippen LogP contribution < -0.4 is 10.2 Å². The molecule has 1 N–H and O–H groups in total. The van der Waals surface area contributed by atoms with Crippen molar-refractivity contribution in [3.05, 3.63) is 46.2 Å². The van der Waals surface area contributed by atoms with Crippen LogP contribution >= 0.6 is 11.6 Å². The lowest BCUT2D eigenvalue weighted by molar-refractivity contribution is -0.127. The lowest BCUT2D eigenvalue weighted by atomic mass is 9.91. The van der Waals surface area contributed by atoms with Crippen LogP contribution in [-0.2, 0) is 16.8 Å². The van der Waals surface area contributed by atoms with E-state index in [0.29, 0.717) is 16.4 Å². The fraction of sp³-hybridized carbons (Fsp3) is 0.577. The maximum Gasteiger partial charge on any atom is 0.277 e. The molecule has 2 amide bonds. The summed E-state index contributed by atoms with van der Waals surface area (Å²) in [6.07, 6.45) is 6.62. The molecule has 7 heteroatoms. The minimum Gasteiger partial charge on any atom is -0.351 e. The zero-order valence-corrected chi connectivity index (χ0v) is 21.1. The molecule has 0 unspecified atom stereocenters. The van der Waals surface area contributed by atoms with E-state index in [0.717, 1.165) is 36.9 Å². The SMILES string of the molecule is Cc1c(Cl)cccc1N1C(=O)c2cc(C(C)(C)C)nn2C[C@@]1(C)C(=O)NC1CCCCCC1. The molecule has 1 aromatic heterocycles. The summed E-state index contributed by atoms with van der Waals surface area (Å²) in [6, 6.07) is 7.50. The number of amides is 2. The zero-order valence-electron chi connectivity index (χ0n) is 20.4. The van der Waals surface area contributed by atoms with Crippen molar-refractivity contribution < 1.29 is 9.59 Å². The molecule has 0 bridgehead atoms. The molecule has 1 atom stereocenters. The molecule has 1 saturated carbocycles. The number of carbonyl (C=O) groups is 2. The Morgan fingerprint density at radius 1 is 1.18 bits per heavy atom. The quantitative estimate of drug-likeness (QED) is 0.610. The molecule has 4 rings (SSSR count). The monoisotopic (exact) mass is 470 g/mol. The molecule has 178 valence electrons. The number of rotatable bonds is 3. The smallest absolute Gasteiger partial charge is 0.277 e. The summed E-state index contributed by atoms with van der Waals surface area (Å²) in [6.45, 7) is 10.2. The van der Waals surface area contributed by atoms with E-state index in [4.69, 9.17) is 16.7 Å². The Bertz CT molecular complexity index is 1060. The minimum absolute atomic E-state index is 0.137. The van der Waals surface area contributed by atoms with Gasteiger partial charge in [-0.05, 0) is 50.5 Å². The third-order valence-corrected chi connectivity index (χ3v) is 7.49. The van der Waals surface area contributed by atoms with Crippen LogP contribution in [0.3, 0.4) is 0 Å². The molecule has 6 nitrogen and oxygen atoms in total. The van der Waals surface area contributed by atoms with Crippen LogP contribution in [0.15, 0.2) is 24.3 Å². The van der Waals surface area contributed by atoms with Crippen molar-refractivity contribution in [3.63, 3.8) is 0 Å². The Morgan fingerprint density at radius 2 is 1.85 bits per heavy atom. The van der Waals surface area contributed by atoms with Gasteiger partial charge in [0.05, 0.1) is 12.2 Å². The molecule has 1 aliphatic carbocycles.